The highest BCUT2D eigenvalue weighted by Crippen LogP contribution is 2.46. The lowest BCUT2D eigenvalue weighted by molar-refractivity contribution is -0.143. The third-order valence-corrected chi connectivity index (χ3v) is 4.53. The van der Waals surface area contributed by atoms with Gasteiger partial charge in [0.1, 0.15) is 0 Å². The highest BCUT2D eigenvalue weighted by Gasteiger charge is 2.46. The monoisotopic (exact) mass is 390 g/mol. The van der Waals surface area contributed by atoms with Crippen molar-refractivity contribution in [1.29, 1.82) is 0 Å². The van der Waals surface area contributed by atoms with Gasteiger partial charge in [-0.2, -0.15) is 26.3 Å². The van der Waals surface area contributed by atoms with Crippen LogP contribution in [0.5, 0.6) is 0 Å². The molecule has 2 aromatic carbocycles. The predicted molar refractivity (Wildman–Crippen MR) is 80.6 cm³/mol. The quantitative estimate of drug-likeness (QED) is 0.752. The normalized spacial score (nSPS) is 21.3. The van der Waals surface area contributed by atoms with Crippen molar-refractivity contribution in [3.05, 3.63) is 70.3 Å². The van der Waals surface area contributed by atoms with Gasteiger partial charge in [-0.1, -0.05) is 24.3 Å². The maximum Gasteiger partial charge on any atom is 0.416 e. The molecule has 1 aliphatic carbocycles. The first kappa shape index (κ1) is 19.4. The molecule has 3 atom stereocenters. The number of alkyl halides is 6. The molecular formula is C18H12F6O3. The minimum absolute atomic E-state index is 0.00887. The van der Waals surface area contributed by atoms with Gasteiger partial charge in [0.05, 0.1) is 29.3 Å². The zero-order valence-electron chi connectivity index (χ0n) is 13.3. The Morgan fingerprint density at radius 1 is 0.926 bits per heavy atom. The fourth-order valence-corrected chi connectivity index (χ4v) is 3.25. The Kier molecular flexibility index (Phi) is 4.55. The summed E-state index contributed by atoms with van der Waals surface area (Å²) in [5.41, 5.74) is -3.90. The zero-order chi connectivity index (χ0) is 20.1. The first-order chi connectivity index (χ1) is 12.4. The number of halogens is 6. The number of carbonyl (C=O) groups excluding carboxylic acids is 1. The second-order valence-corrected chi connectivity index (χ2v) is 6.16. The van der Waals surface area contributed by atoms with E-state index in [-0.39, 0.29) is 29.3 Å². The minimum atomic E-state index is -5.06. The molecule has 3 unspecified atom stereocenters. The maximum absolute atomic E-state index is 13.2. The molecule has 2 aromatic rings. The lowest BCUT2D eigenvalue weighted by Crippen LogP contribution is -2.25. The van der Waals surface area contributed by atoms with Crippen molar-refractivity contribution in [1.82, 2.24) is 0 Å². The minimum Gasteiger partial charge on any atom is -0.388 e. The largest absolute Gasteiger partial charge is 0.416 e. The smallest absolute Gasteiger partial charge is 0.388 e. The summed E-state index contributed by atoms with van der Waals surface area (Å²) in [6.45, 7) is 0. The van der Waals surface area contributed by atoms with Crippen molar-refractivity contribution in [3.8, 4) is 0 Å². The molecule has 0 fully saturated rings. The van der Waals surface area contributed by atoms with Crippen molar-refractivity contribution >= 4 is 5.78 Å². The molecule has 1 aliphatic rings. The van der Waals surface area contributed by atoms with E-state index in [0.717, 1.165) is 0 Å². The molecule has 0 saturated carbocycles. The first-order valence-corrected chi connectivity index (χ1v) is 7.70. The van der Waals surface area contributed by atoms with Crippen LogP contribution in [0.2, 0.25) is 0 Å². The molecule has 0 aliphatic heterocycles. The lowest BCUT2D eigenvalue weighted by Gasteiger charge is -2.25. The van der Waals surface area contributed by atoms with E-state index in [9.17, 15) is 41.4 Å². The summed E-state index contributed by atoms with van der Waals surface area (Å²) in [5, 5.41) is 20.7. The van der Waals surface area contributed by atoms with Gasteiger partial charge in [0.2, 0.25) is 0 Å². The van der Waals surface area contributed by atoms with E-state index in [4.69, 9.17) is 0 Å². The highest BCUT2D eigenvalue weighted by atomic mass is 19.4. The Bertz CT molecular complexity index is 887. The zero-order valence-corrected chi connectivity index (χ0v) is 13.3. The highest BCUT2D eigenvalue weighted by molar-refractivity contribution is 6.03. The summed E-state index contributed by atoms with van der Waals surface area (Å²) >= 11 is 0. The van der Waals surface area contributed by atoms with Gasteiger partial charge in [-0.3, -0.25) is 4.79 Å². The Balaban J connectivity index is 2.11. The first-order valence-electron chi connectivity index (χ1n) is 7.70. The van der Waals surface area contributed by atoms with Crippen LogP contribution < -0.4 is 0 Å². The van der Waals surface area contributed by atoms with Crippen molar-refractivity contribution in [2.75, 3.05) is 0 Å². The molecule has 3 rings (SSSR count). The van der Waals surface area contributed by atoms with Crippen LogP contribution in [0.4, 0.5) is 26.3 Å². The third kappa shape index (κ3) is 3.32. The standard InChI is InChI=1S/C18H12F6O3/c19-17(20,21)8-5-6-12(18(22,23)24)11(7-8)16(27)13-14(25)9-3-1-2-4-10(9)15(13)26/h1-7,13-14,16,25,27H. The van der Waals surface area contributed by atoms with Gasteiger partial charge in [-0.05, 0) is 29.3 Å². The molecule has 9 heteroatoms. The van der Waals surface area contributed by atoms with E-state index in [1.807, 2.05) is 0 Å². The number of hydrogen-bond donors (Lipinski definition) is 2. The van der Waals surface area contributed by atoms with E-state index in [1.54, 1.807) is 0 Å². The summed E-state index contributed by atoms with van der Waals surface area (Å²) in [6.07, 6.45) is -13.9. The molecule has 0 spiro atoms. The fraction of sp³-hybridized carbons (Fsp3) is 0.278. The van der Waals surface area contributed by atoms with Gasteiger partial charge in [0.15, 0.2) is 5.78 Å². The predicted octanol–water partition coefficient (Wildman–Crippen LogP) is 4.30. The molecule has 0 radical (unpaired) electrons. The van der Waals surface area contributed by atoms with Crippen LogP contribution in [0.15, 0.2) is 42.5 Å². The Morgan fingerprint density at radius 3 is 2.11 bits per heavy atom. The van der Waals surface area contributed by atoms with Crippen molar-refractivity contribution in [3.63, 3.8) is 0 Å². The number of benzene rings is 2. The molecule has 2 N–H and O–H groups in total. The number of ketones is 1. The number of aliphatic hydroxyl groups excluding tert-OH is 2. The molecule has 0 bridgehead atoms. The summed E-state index contributed by atoms with van der Waals surface area (Å²) in [5.74, 6) is -2.58. The molecular weight excluding hydrogens is 378 g/mol. The average molecular weight is 390 g/mol. The topological polar surface area (TPSA) is 57.5 Å². The van der Waals surface area contributed by atoms with E-state index < -0.39 is 53.0 Å². The van der Waals surface area contributed by atoms with Crippen molar-refractivity contribution in [2.45, 2.75) is 24.6 Å². The summed E-state index contributed by atoms with van der Waals surface area (Å²) < 4.78 is 78.5. The van der Waals surface area contributed by atoms with Gasteiger partial charge < -0.3 is 10.2 Å². The van der Waals surface area contributed by atoms with Crippen molar-refractivity contribution in [2.24, 2.45) is 5.92 Å². The van der Waals surface area contributed by atoms with Crippen LogP contribution in [-0.2, 0) is 12.4 Å². The fourth-order valence-electron chi connectivity index (χ4n) is 3.25. The van der Waals surface area contributed by atoms with E-state index in [1.165, 1.54) is 24.3 Å². The third-order valence-electron chi connectivity index (χ3n) is 4.53. The maximum atomic E-state index is 13.2. The molecule has 0 amide bonds. The van der Waals surface area contributed by atoms with Crippen molar-refractivity contribution < 1.29 is 41.4 Å². The molecule has 0 aromatic heterocycles. The second-order valence-electron chi connectivity index (χ2n) is 6.16. The van der Waals surface area contributed by atoms with Gasteiger partial charge in [-0.25, -0.2) is 0 Å². The molecule has 0 heterocycles. The van der Waals surface area contributed by atoms with Crippen LogP contribution in [0.25, 0.3) is 0 Å². The molecule has 0 saturated heterocycles. The molecule has 27 heavy (non-hydrogen) atoms. The Morgan fingerprint density at radius 2 is 1.56 bits per heavy atom. The molecule has 144 valence electrons. The number of rotatable bonds is 2. The van der Waals surface area contributed by atoms with Crippen LogP contribution in [0.1, 0.15) is 44.8 Å². The van der Waals surface area contributed by atoms with Gasteiger partial charge in [-0.15, -0.1) is 0 Å². The number of aliphatic hydroxyl groups is 2. The second kappa shape index (κ2) is 6.35. The summed E-state index contributed by atoms with van der Waals surface area (Å²) in [6, 6.07) is 6.25. The Hall–Kier alpha value is -2.39. The van der Waals surface area contributed by atoms with Crippen LogP contribution >= 0.6 is 0 Å². The number of carbonyl (C=O) groups is 1. The SMILES string of the molecule is O=C1c2ccccc2C(O)C1C(O)c1cc(C(F)(F)F)ccc1C(F)(F)F. The average Bonchev–Trinajstić information content (AvgIpc) is 2.84. The van der Waals surface area contributed by atoms with Crippen LogP contribution in [0.3, 0.4) is 0 Å². The summed E-state index contributed by atoms with van der Waals surface area (Å²) in [4.78, 5) is 12.4. The van der Waals surface area contributed by atoms with Crippen LogP contribution in [-0.4, -0.2) is 16.0 Å². The molecule has 3 nitrogen and oxygen atoms in total. The lowest BCUT2D eigenvalue weighted by atomic mass is 9.87. The number of hydrogen-bond acceptors (Lipinski definition) is 3. The van der Waals surface area contributed by atoms with Crippen LogP contribution in [0, 0.1) is 5.92 Å². The van der Waals surface area contributed by atoms with E-state index >= 15 is 0 Å². The Labute approximate surface area is 148 Å². The number of Topliss-reactive ketones (excluding diaryl/α,β-unsaturated/α-hetero) is 1. The van der Waals surface area contributed by atoms with Gasteiger partial charge >= 0.3 is 12.4 Å². The van der Waals surface area contributed by atoms with E-state index in [0.29, 0.717) is 0 Å². The van der Waals surface area contributed by atoms with Gasteiger partial charge in [0, 0.05) is 5.56 Å². The summed E-state index contributed by atoms with van der Waals surface area (Å²) in [7, 11) is 0. The van der Waals surface area contributed by atoms with Gasteiger partial charge in [0.25, 0.3) is 0 Å². The number of fused-ring (bicyclic) bond motifs is 1. The van der Waals surface area contributed by atoms with E-state index in [2.05, 4.69) is 0 Å².